The molecule has 0 aromatic rings. The molecule has 90 valence electrons. The minimum atomic E-state index is 0.647. The van der Waals surface area contributed by atoms with Crippen molar-refractivity contribution in [1.82, 2.24) is 10.2 Å². The lowest BCUT2D eigenvalue weighted by Gasteiger charge is -2.37. The predicted octanol–water partition coefficient (Wildman–Crippen LogP) is 1.20. The van der Waals surface area contributed by atoms with Crippen LogP contribution in [0, 0.1) is 11.8 Å². The highest BCUT2D eigenvalue weighted by Gasteiger charge is 2.25. The molecule has 1 rings (SSSR count). The van der Waals surface area contributed by atoms with Gasteiger partial charge in [0.05, 0.1) is 0 Å². The van der Waals surface area contributed by atoms with Crippen LogP contribution in [0.3, 0.4) is 0 Å². The van der Waals surface area contributed by atoms with Gasteiger partial charge < -0.3 is 15.0 Å². The molecule has 15 heavy (non-hydrogen) atoms. The molecule has 0 saturated carbocycles. The normalized spacial score (nSPS) is 30.4. The van der Waals surface area contributed by atoms with Gasteiger partial charge in [-0.3, -0.25) is 0 Å². The number of likely N-dealkylation sites (tertiary alicyclic amines) is 1. The Hall–Kier alpha value is -0.120. The van der Waals surface area contributed by atoms with Gasteiger partial charge in [-0.05, 0) is 31.8 Å². The fourth-order valence-corrected chi connectivity index (χ4v) is 2.60. The number of methoxy groups -OCH3 is 1. The van der Waals surface area contributed by atoms with Gasteiger partial charge in [0.2, 0.25) is 0 Å². The van der Waals surface area contributed by atoms with Gasteiger partial charge in [-0.15, -0.1) is 0 Å². The van der Waals surface area contributed by atoms with Crippen molar-refractivity contribution in [1.29, 1.82) is 0 Å². The first-order chi connectivity index (χ1) is 7.17. The van der Waals surface area contributed by atoms with E-state index >= 15 is 0 Å². The molecule has 0 aromatic carbocycles. The van der Waals surface area contributed by atoms with Crippen LogP contribution in [0.5, 0.6) is 0 Å². The Morgan fingerprint density at radius 1 is 1.53 bits per heavy atom. The smallest absolute Gasteiger partial charge is 0.0500 e. The van der Waals surface area contributed by atoms with Gasteiger partial charge in [-0.2, -0.15) is 0 Å². The van der Waals surface area contributed by atoms with E-state index in [1.807, 2.05) is 0 Å². The topological polar surface area (TPSA) is 24.5 Å². The first kappa shape index (κ1) is 12.9. The van der Waals surface area contributed by atoms with Crippen molar-refractivity contribution < 1.29 is 4.74 Å². The van der Waals surface area contributed by atoms with Crippen LogP contribution in [-0.4, -0.2) is 51.3 Å². The Bertz CT molecular complexity index is 173. The molecule has 1 aliphatic heterocycles. The second kappa shape index (κ2) is 6.46. The summed E-state index contributed by atoms with van der Waals surface area (Å²) in [5.74, 6) is 1.41. The van der Waals surface area contributed by atoms with E-state index in [-0.39, 0.29) is 0 Å². The van der Waals surface area contributed by atoms with Crippen LogP contribution < -0.4 is 5.32 Å². The van der Waals surface area contributed by atoms with Crippen LogP contribution in [0.2, 0.25) is 0 Å². The number of nitrogens with one attached hydrogen (secondary N) is 1. The van der Waals surface area contributed by atoms with Gasteiger partial charge in [0.1, 0.15) is 0 Å². The lowest BCUT2D eigenvalue weighted by molar-refractivity contribution is 0.0972. The molecule has 0 spiro atoms. The number of ether oxygens (including phenoxy) is 1. The highest BCUT2D eigenvalue weighted by molar-refractivity contribution is 4.82. The summed E-state index contributed by atoms with van der Waals surface area (Å²) in [5, 5.41) is 3.40. The molecule has 0 bridgehead atoms. The van der Waals surface area contributed by atoms with Crippen molar-refractivity contribution in [3.05, 3.63) is 0 Å². The number of hydrogen-bond donors (Lipinski definition) is 1. The maximum Gasteiger partial charge on any atom is 0.0500 e. The maximum absolute atomic E-state index is 5.18. The van der Waals surface area contributed by atoms with Crippen molar-refractivity contribution in [2.75, 3.05) is 40.4 Å². The lowest BCUT2D eigenvalue weighted by atomic mass is 9.93. The first-order valence-electron chi connectivity index (χ1n) is 6.06. The van der Waals surface area contributed by atoms with Crippen LogP contribution in [0.25, 0.3) is 0 Å². The van der Waals surface area contributed by atoms with E-state index in [4.69, 9.17) is 4.74 Å². The monoisotopic (exact) mass is 214 g/mol. The van der Waals surface area contributed by atoms with Crippen LogP contribution in [0.15, 0.2) is 0 Å². The summed E-state index contributed by atoms with van der Waals surface area (Å²) in [4.78, 5) is 2.57. The van der Waals surface area contributed by atoms with Crippen LogP contribution in [0.1, 0.15) is 20.3 Å². The standard InChI is InChI=1S/C12H26N2O/c1-10(9-15-4)7-14-6-5-12(13-3)11(2)8-14/h10-13H,5-9H2,1-4H3. The van der Waals surface area contributed by atoms with E-state index in [1.165, 1.54) is 26.1 Å². The van der Waals surface area contributed by atoms with Gasteiger partial charge in [0.25, 0.3) is 0 Å². The highest BCUT2D eigenvalue weighted by atomic mass is 16.5. The quantitative estimate of drug-likeness (QED) is 0.744. The van der Waals surface area contributed by atoms with E-state index in [9.17, 15) is 0 Å². The molecule has 3 unspecified atom stereocenters. The van der Waals surface area contributed by atoms with Crippen molar-refractivity contribution in [3.8, 4) is 0 Å². The minimum absolute atomic E-state index is 0.647. The van der Waals surface area contributed by atoms with Gasteiger partial charge in [-0.1, -0.05) is 13.8 Å². The maximum atomic E-state index is 5.18. The SMILES string of the molecule is CNC1CCN(CC(C)COC)CC1C. The molecule has 1 heterocycles. The van der Waals surface area contributed by atoms with E-state index in [2.05, 4.69) is 31.1 Å². The molecule has 0 radical (unpaired) electrons. The summed E-state index contributed by atoms with van der Waals surface area (Å²) in [6.45, 7) is 9.10. The Morgan fingerprint density at radius 2 is 2.27 bits per heavy atom. The second-order valence-electron chi connectivity index (χ2n) is 4.98. The Labute approximate surface area is 94.2 Å². The molecule has 3 heteroatoms. The van der Waals surface area contributed by atoms with E-state index in [0.29, 0.717) is 12.0 Å². The molecule has 1 aliphatic rings. The number of rotatable bonds is 5. The molecule has 0 aromatic heterocycles. The molecule has 3 atom stereocenters. The summed E-state index contributed by atoms with van der Waals surface area (Å²) < 4.78 is 5.18. The molecule has 0 aliphatic carbocycles. The van der Waals surface area contributed by atoms with Crippen molar-refractivity contribution in [3.63, 3.8) is 0 Å². The third kappa shape index (κ3) is 4.09. The number of piperidine rings is 1. The second-order valence-corrected chi connectivity index (χ2v) is 4.98. The average molecular weight is 214 g/mol. The van der Waals surface area contributed by atoms with Crippen molar-refractivity contribution in [2.45, 2.75) is 26.3 Å². The van der Waals surface area contributed by atoms with Gasteiger partial charge in [0, 0.05) is 32.8 Å². The van der Waals surface area contributed by atoms with Crippen molar-refractivity contribution in [2.24, 2.45) is 11.8 Å². The van der Waals surface area contributed by atoms with E-state index in [1.54, 1.807) is 7.11 Å². The zero-order valence-corrected chi connectivity index (χ0v) is 10.6. The van der Waals surface area contributed by atoms with E-state index < -0.39 is 0 Å². The fourth-order valence-electron chi connectivity index (χ4n) is 2.60. The lowest BCUT2D eigenvalue weighted by Crippen LogP contribution is -2.48. The molecular weight excluding hydrogens is 188 g/mol. The third-order valence-electron chi connectivity index (χ3n) is 3.38. The van der Waals surface area contributed by atoms with Crippen molar-refractivity contribution >= 4 is 0 Å². The fraction of sp³-hybridized carbons (Fsp3) is 1.00. The zero-order chi connectivity index (χ0) is 11.3. The van der Waals surface area contributed by atoms with Gasteiger partial charge in [0.15, 0.2) is 0 Å². The Kier molecular flexibility index (Phi) is 5.58. The van der Waals surface area contributed by atoms with Gasteiger partial charge >= 0.3 is 0 Å². The zero-order valence-electron chi connectivity index (χ0n) is 10.6. The molecule has 0 amide bonds. The van der Waals surface area contributed by atoms with Crippen LogP contribution in [-0.2, 0) is 4.74 Å². The molecule has 1 fully saturated rings. The summed E-state index contributed by atoms with van der Waals surface area (Å²) >= 11 is 0. The molecule has 3 nitrogen and oxygen atoms in total. The summed E-state index contributed by atoms with van der Waals surface area (Å²) in [7, 11) is 3.86. The largest absolute Gasteiger partial charge is 0.384 e. The van der Waals surface area contributed by atoms with Crippen LogP contribution in [0.4, 0.5) is 0 Å². The predicted molar refractivity (Wildman–Crippen MR) is 64.1 cm³/mol. The first-order valence-corrected chi connectivity index (χ1v) is 6.06. The highest BCUT2D eigenvalue weighted by Crippen LogP contribution is 2.17. The Balaban J connectivity index is 2.28. The molecular formula is C12H26N2O. The Morgan fingerprint density at radius 3 is 2.80 bits per heavy atom. The number of hydrogen-bond acceptors (Lipinski definition) is 3. The average Bonchev–Trinajstić information content (AvgIpc) is 2.18. The molecule has 1 saturated heterocycles. The summed E-state index contributed by atoms with van der Waals surface area (Å²) in [6, 6.07) is 0.707. The van der Waals surface area contributed by atoms with Gasteiger partial charge in [-0.25, -0.2) is 0 Å². The summed E-state index contributed by atoms with van der Waals surface area (Å²) in [5.41, 5.74) is 0. The minimum Gasteiger partial charge on any atom is -0.384 e. The third-order valence-corrected chi connectivity index (χ3v) is 3.38. The van der Waals surface area contributed by atoms with E-state index in [0.717, 1.165) is 12.5 Å². The summed E-state index contributed by atoms with van der Waals surface area (Å²) in [6.07, 6.45) is 1.28. The molecule has 1 N–H and O–H groups in total. The van der Waals surface area contributed by atoms with Crippen LogP contribution >= 0.6 is 0 Å². The number of nitrogens with zero attached hydrogens (tertiary/aromatic N) is 1.